The van der Waals surface area contributed by atoms with Crippen LogP contribution >= 0.6 is 0 Å². The van der Waals surface area contributed by atoms with Crippen LogP contribution in [0.25, 0.3) is 0 Å². The Morgan fingerprint density at radius 1 is 0.955 bits per heavy atom. The summed E-state index contributed by atoms with van der Waals surface area (Å²) in [6, 6.07) is 13.4. The Bertz CT molecular complexity index is 640. The number of amides is 1. The minimum Gasteiger partial charge on any atom is -0.457 e. The molecule has 22 heavy (non-hydrogen) atoms. The van der Waals surface area contributed by atoms with E-state index < -0.39 is 0 Å². The molecule has 2 aromatic carbocycles. The van der Waals surface area contributed by atoms with Crippen LogP contribution in [0.3, 0.4) is 0 Å². The van der Waals surface area contributed by atoms with Crippen molar-refractivity contribution < 1.29 is 9.53 Å². The van der Waals surface area contributed by atoms with Gasteiger partial charge in [0, 0.05) is 18.7 Å². The second-order valence-corrected chi connectivity index (χ2v) is 5.43. The number of benzene rings is 2. The van der Waals surface area contributed by atoms with Crippen molar-refractivity contribution in [2.24, 2.45) is 0 Å². The van der Waals surface area contributed by atoms with Crippen molar-refractivity contribution in [2.75, 3.05) is 13.1 Å². The van der Waals surface area contributed by atoms with Gasteiger partial charge < -0.3 is 9.64 Å². The van der Waals surface area contributed by atoms with Gasteiger partial charge in [0.05, 0.1) is 0 Å². The topological polar surface area (TPSA) is 29.5 Å². The average Bonchev–Trinajstić information content (AvgIpc) is 2.47. The van der Waals surface area contributed by atoms with Gasteiger partial charge in [-0.1, -0.05) is 12.1 Å². The highest BCUT2D eigenvalue weighted by atomic mass is 16.5. The molecular formula is C19H23NO2. The van der Waals surface area contributed by atoms with Crippen molar-refractivity contribution in [2.45, 2.75) is 27.7 Å². The maximum Gasteiger partial charge on any atom is 0.253 e. The molecule has 0 atom stereocenters. The lowest BCUT2D eigenvalue weighted by atomic mass is 10.1. The monoisotopic (exact) mass is 297 g/mol. The normalized spacial score (nSPS) is 10.4. The number of carbonyl (C=O) groups is 1. The summed E-state index contributed by atoms with van der Waals surface area (Å²) in [6.45, 7) is 9.46. The molecule has 0 N–H and O–H groups in total. The number of carbonyl (C=O) groups excluding carboxylic acids is 1. The molecule has 0 fully saturated rings. The predicted molar refractivity (Wildman–Crippen MR) is 89.7 cm³/mol. The fourth-order valence-corrected chi connectivity index (χ4v) is 2.51. The van der Waals surface area contributed by atoms with E-state index in [4.69, 9.17) is 4.74 Å². The molecule has 0 bridgehead atoms. The molecule has 0 radical (unpaired) electrons. The average molecular weight is 297 g/mol. The Hall–Kier alpha value is -2.29. The zero-order chi connectivity index (χ0) is 16.1. The van der Waals surface area contributed by atoms with Crippen molar-refractivity contribution in [1.82, 2.24) is 4.90 Å². The molecule has 0 aliphatic rings. The number of hydrogen-bond acceptors (Lipinski definition) is 2. The molecule has 2 rings (SSSR count). The van der Waals surface area contributed by atoms with E-state index in [2.05, 4.69) is 6.07 Å². The SMILES string of the molecule is CCN(CC)C(=O)c1cccc(Oc2cc(C)cc(C)c2)c1. The van der Waals surface area contributed by atoms with Crippen LogP contribution in [0.1, 0.15) is 35.3 Å². The van der Waals surface area contributed by atoms with E-state index in [1.54, 1.807) is 11.0 Å². The Morgan fingerprint density at radius 3 is 2.18 bits per heavy atom. The second-order valence-electron chi connectivity index (χ2n) is 5.43. The van der Waals surface area contributed by atoms with Gasteiger partial charge in [0.1, 0.15) is 11.5 Å². The fourth-order valence-electron chi connectivity index (χ4n) is 2.51. The van der Waals surface area contributed by atoms with Crippen LogP contribution < -0.4 is 4.74 Å². The van der Waals surface area contributed by atoms with E-state index in [0.29, 0.717) is 24.4 Å². The maximum absolute atomic E-state index is 12.4. The van der Waals surface area contributed by atoms with Gasteiger partial charge in [-0.25, -0.2) is 0 Å². The van der Waals surface area contributed by atoms with Gasteiger partial charge in [0.2, 0.25) is 0 Å². The first-order valence-corrected chi connectivity index (χ1v) is 7.69. The van der Waals surface area contributed by atoms with Crippen LogP contribution in [0.4, 0.5) is 0 Å². The summed E-state index contributed by atoms with van der Waals surface area (Å²) < 4.78 is 5.91. The van der Waals surface area contributed by atoms with Gasteiger partial charge in [0.25, 0.3) is 5.91 Å². The van der Waals surface area contributed by atoms with Crippen molar-refractivity contribution in [3.63, 3.8) is 0 Å². The van der Waals surface area contributed by atoms with Crippen LogP contribution in [-0.2, 0) is 0 Å². The van der Waals surface area contributed by atoms with E-state index in [0.717, 1.165) is 16.9 Å². The van der Waals surface area contributed by atoms with E-state index >= 15 is 0 Å². The van der Waals surface area contributed by atoms with Gasteiger partial charge in [-0.3, -0.25) is 4.79 Å². The van der Waals surface area contributed by atoms with Crippen LogP contribution in [0, 0.1) is 13.8 Å². The molecular weight excluding hydrogens is 274 g/mol. The smallest absolute Gasteiger partial charge is 0.253 e. The Morgan fingerprint density at radius 2 is 1.59 bits per heavy atom. The lowest BCUT2D eigenvalue weighted by molar-refractivity contribution is 0.0772. The van der Waals surface area contributed by atoms with Crippen LogP contribution in [-0.4, -0.2) is 23.9 Å². The molecule has 0 saturated carbocycles. The second kappa shape index (κ2) is 7.12. The molecule has 116 valence electrons. The van der Waals surface area contributed by atoms with Crippen molar-refractivity contribution >= 4 is 5.91 Å². The number of aryl methyl sites for hydroxylation is 2. The van der Waals surface area contributed by atoms with Crippen LogP contribution in [0.2, 0.25) is 0 Å². The number of ether oxygens (including phenoxy) is 1. The highest BCUT2D eigenvalue weighted by Crippen LogP contribution is 2.24. The summed E-state index contributed by atoms with van der Waals surface area (Å²) >= 11 is 0. The van der Waals surface area contributed by atoms with Gasteiger partial charge >= 0.3 is 0 Å². The largest absolute Gasteiger partial charge is 0.457 e. The number of rotatable bonds is 5. The molecule has 0 aliphatic heterocycles. The molecule has 0 unspecified atom stereocenters. The van der Waals surface area contributed by atoms with Gasteiger partial charge in [0.15, 0.2) is 0 Å². The number of nitrogens with zero attached hydrogens (tertiary/aromatic N) is 1. The Balaban J connectivity index is 2.23. The first-order chi connectivity index (χ1) is 10.5. The summed E-state index contributed by atoms with van der Waals surface area (Å²) in [6.07, 6.45) is 0. The summed E-state index contributed by atoms with van der Waals surface area (Å²) in [5, 5.41) is 0. The molecule has 0 saturated heterocycles. The Kier molecular flexibility index (Phi) is 5.21. The third-order valence-electron chi connectivity index (χ3n) is 3.56. The van der Waals surface area contributed by atoms with Gasteiger partial charge in [-0.15, -0.1) is 0 Å². The summed E-state index contributed by atoms with van der Waals surface area (Å²) in [4.78, 5) is 14.2. The molecule has 3 nitrogen and oxygen atoms in total. The molecule has 1 amide bonds. The van der Waals surface area contributed by atoms with Crippen LogP contribution in [0.15, 0.2) is 42.5 Å². The molecule has 0 aliphatic carbocycles. The predicted octanol–water partition coefficient (Wildman–Crippen LogP) is 4.58. The summed E-state index contributed by atoms with van der Waals surface area (Å²) in [5.74, 6) is 1.52. The van der Waals surface area contributed by atoms with Crippen molar-refractivity contribution in [3.8, 4) is 11.5 Å². The first-order valence-electron chi connectivity index (χ1n) is 7.69. The summed E-state index contributed by atoms with van der Waals surface area (Å²) in [7, 11) is 0. The highest BCUT2D eigenvalue weighted by molar-refractivity contribution is 5.94. The van der Waals surface area contributed by atoms with E-state index in [1.165, 1.54) is 0 Å². The minimum absolute atomic E-state index is 0.0378. The lowest BCUT2D eigenvalue weighted by Gasteiger charge is -2.19. The lowest BCUT2D eigenvalue weighted by Crippen LogP contribution is -2.30. The van der Waals surface area contributed by atoms with Crippen molar-refractivity contribution in [3.05, 3.63) is 59.2 Å². The molecule has 0 heterocycles. The standard InChI is InChI=1S/C19H23NO2/c1-5-20(6-2)19(21)16-8-7-9-17(13-16)22-18-11-14(3)10-15(4)12-18/h7-13H,5-6H2,1-4H3. The first kappa shape index (κ1) is 16.1. The van der Waals surface area contributed by atoms with Gasteiger partial charge in [-0.2, -0.15) is 0 Å². The third kappa shape index (κ3) is 3.88. The van der Waals surface area contributed by atoms with Gasteiger partial charge in [-0.05, 0) is 69.2 Å². The minimum atomic E-state index is 0.0378. The fraction of sp³-hybridized carbons (Fsp3) is 0.316. The molecule has 3 heteroatoms. The quantitative estimate of drug-likeness (QED) is 0.808. The Labute approximate surface area is 132 Å². The van der Waals surface area contributed by atoms with E-state index in [9.17, 15) is 4.79 Å². The van der Waals surface area contributed by atoms with Crippen molar-refractivity contribution in [1.29, 1.82) is 0 Å². The zero-order valence-corrected chi connectivity index (χ0v) is 13.7. The molecule has 2 aromatic rings. The molecule has 0 aromatic heterocycles. The van der Waals surface area contributed by atoms with E-state index in [1.807, 2.05) is 58.0 Å². The van der Waals surface area contributed by atoms with E-state index in [-0.39, 0.29) is 5.91 Å². The maximum atomic E-state index is 12.4. The number of hydrogen-bond donors (Lipinski definition) is 0. The summed E-state index contributed by atoms with van der Waals surface area (Å²) in [5.41, 5.74) is 2.97. The third-order valence-corrected chi connectivity index (χ3v) is 3.56. The van der Waals surface area contributed by atoms with Crippen LogP contribution in [0.5, 0.6) is 11.5 Å². The zero-order valence-electron chi connectivity index (χ0n) is 13.7. The molecule has 0 spiro atoms. The highest BCUT2D eigenvalue weighted by Gasteiger charge is 2.13.